The fourth-order valence-corrected chi connectivity index (χ4v) is 4.62. The van der Waals surface area contributed by atoms with Crippen LogP contribution < -0.4 is 4.90 Å². The van der Waals surface area contributed by atoms with Crippen LogP contribution in [0.4, 0.5) is 10.3 Å². The molecule has 9 heteroatoms. The number of halogens is 1. The van der Waals surface area contributed by atoms with Gasteiger partial charge in [-0.05, 0) is 30.9 Å². The van der Waals surface area contributed by atoms with Crippen molar-refractivity contribution in [3.05, 3.63) is 35.6 Å². The lowest BCUT2D eigenvalue weighted by Crippen LogP contribution is -2.40. The van der Waals surface area contributed by atoms with E-state index in [0.717, 1.165) is 25.0 Å². The normalized spacial score (nSPS) is 19.7. The molecule has 2 aromatic rings. The first kappa shape index (κ1) is 26.0. The zero-order chi connectivity index (χ0) is 24.6. The molecule has 0 bridgehead atoms. The minimum Gasteiger partial charge on any atom is -0.389 e. The monoisotopic (exact) mass is 491 g/mol. The van der Waals surface area contributed by atoms with E-state index >= 15 is 0 Å². The lowest BCUT2D eigenvalue weighted by atomic mass is 10.1. The van der Waals surface area contributed by atoms with Crippen molar-refractivity contribution in [2.24, 2.45) is 5.92 Å². The molecule has 2 aliphatic rings. The Kier molecular flexibility index (Phi) is 9.51. The highest BCUT2D eigenvalue weighted by Gasteiger charge is 2.29. The fraction of sp³-hybridized carbons (Fsp3) is 0.654. The summed E-state index contributed by atoms with van der Waals surface area (Å²) in [6.07, 6.45) is 1.46. The first-order valence-electron chi connectivity index (χ1n) is 12.7. The molecule has 0 amide bonds. The number of benzene rings is 1. The van der Waals surface area contributed by atoms with Crippen LogP contribution in [0.25, 0.3) is 11.3 Å². The van der Waals surface area contributed by atoms with E-state index in [9.17, 15) is 9.50 Å². The number of nitrogens with zero attached hydrogens (tertiary/aromatic N) is 3. The third-order valence-electron chi connectivity index (χ3n) is 6.29. The summed E-state index contributed by atoms with van der Waals surface area (Å²) in [6.45, 7) is 9.85. The second kappa shape index (κ2) is 12.8. The van der Waals surface area contributed by atoms with Crippen molar-refractivity contribution in [3.63, 3.8) is 0 Å². The van der Waals surface area contributed by atoms with Crippen molar-refractivity contribution >= 4 is 5.88 Å². The van der Waals surface area contributed by atoms with Crippen LogP contribution in [0, 0.1) is 11.7 Å². The van der Waals surface area contributed by atoms with Crippen LogP contribution in [-0.4, -0.2) is 86.6 Å². The van der Waals surface area contributed by atoms with Gasteiger partial charge in [0.2, 0.25) is 5.88 Å². The van der Waals surface area contributed by atoms with Crippen molar-refractivity contribution in [1.29, 1.82) is 0 Å². The lowest BCUT2D eigenvalue weighted by molar-refractivity contribution is -0.00390. The topological polar surface area (TPSA) is 80.4 Å². The third-order valence-corrected chi connectivity index (χ3v) is 6.29. The molecule has 2 saturated heterocycles. The molecule has 194 valence electrons. The molecule has 0 saturated carbocycles. The summed E-state index contributed by atoms with van der Waals surface area (Å²) in [5.74, 6) is 0.694. The van der Waals surface area contributed by atoms with E-state index in [4.69, 9.17) is 18.7 Å². The maximum Gasteiger partial charge on any atom is 0.232 e. The molecule has 2 atom stereocenters. The summed E-state index contributed by atoms with van der Waals surface area (Å²) in [6, 6.07) is 6.62. The predicted molar refractivity (Wildman–Crippen MR) is 131 cm³/mol. The van der Waals surface area contributed by atoms with Gasteiger partial charge in [-0.15, -0.1) is 0 Å². The van der Waals surface area contributed by atoms with E-state index in [0.29, 0.717) is 75.6 Å². The molecule has 2 aliphatic heterocycles. The molecule has 4 rings (SSSR count). The van der Waals surface area contributed by atoms with Crippen LogP contribution in [0.1, 0.15) is 32.3 Å². The Bertz CT molecular complexity index is 912. The molecule has 1 aromatic heterocycles. The van der Waals surface area contributed by atoms with E-state index in [1.807, 2.05) is 0 Å². The quantitative estimate of drug-likeness (QED) is 0.484. The number of aliphatic hydroxyl groups excluding tert-OH is 1. The van der Waals surface area contributed by atoms with Crippen LogP contribution in [0.2, 0.25) is 0 Å². The summed E-state index contributed by atoms with van der Waals surface area (Å²) in [4.78, 5) is 4.25. The molecule has 8 nitrogen and oxygen atoms in total. The molecule has 35 heavy (non-hydrogen) atoms. The smallest absolute Gasteiger partial charge is 0.232 e. The minimum absolute atomic E-state index is 0.0994. The highest BCUT2D eigenvalue weighted by atomic mass is 19.1. The maximum absolute atomic E-state index is 14.8. The van der Waals surface area contributed by atoms with Gasteiger partial charge in [0.25, 0.3) is 0 Å². The van der Waals surface area contributed by atoms with Gasteiger partial charge >= 0.3 is 0 Å². The molecule has 0 aliphatic carbocycles. The number of hydrogen-bond acceptors (Lipinski definition) is 8. The number of aliphatic hydroxyl groups is 1. The Morgan fingerprint density at radius 2 is 2.00 bits per heavy atom. The Morgan fingerprint density at radius 3 is 2.71 bits per heavy atom. The Labute approximate surface area is 206 Å². The van der Waals surface area contributed by atoms with Crippen LogP contribution in [0.15, 0.2) is 28.8 Å². The summed E-state index contributed by atoms with van der Waals surface area (Å²) in [7, 11) is 0. The van der Waals surface area contributed by atoms with E-state index < -0.39 is 6.10 Å². The molecule has 0 radical (unpaired) electrons. The van der Waals surface area contributed by atoms with Gasteiger partial charge < -0.3 is 28.7 Å². The molecular weight excluding hydrogens is 453 g/mol. The maximum atomic E-state index is 14.8. The van der Waals surface area contributed by atoms with Gasteiger partial charge in [-0.2, -0.15) is 0 Å². The second-order valence-corrected chi connectivity index (χ2v) is 9.81. The minimum atomic E-state index is -0.654. The lowest BCUT2D eigenvalue weighted by Gasteiger charge is -2.30. The van der Waals surface area contributed by atoms with Crippen LogP contribution in [0.5, 0.6) is 0 Å². The first-order valence-corrected chi connectivity index (χ1v) is 12.7. The average molecular weight is 492 g/mol. The van der Waals surface area contributed by atoms with Crippen LogP contribution in [0.3, 0.4) is 0 Å². The Morgan fingerprint density at radius 1 is 1.20 bits per heavy atom. The van der Waals surface area contributed by atoms with Crippen molar-refractivity contribution in [3.8, 4) is 11.3 Å². The Hall–Kier alpha value is -2.04. The third kappa shape index (κ3) is 7.24. The van der Waals surface area contributed by atoms with Gasteiger partial charge in [-0.3, -0.25) is 4.90 Å². The average Bonchev–Trinajstić information content (AvgIpc) is 3.50. The number of hydrogen-bond donors (Lipinski definition) is 1. The molecule has 0 spiro atoms. The highest BCUT2D eigenvalue weighted by molar-refractivity contribution is 5.68. The molecule has 1 N–H and O–H groups in total. The summed E-state index contributed by atoms with van der Waals surface area (Å²) < 4.78 is 37.7. The molecular formula is C26H38FN3O5. The summed E-state index contributed by atoms with van der Waals surface area (Å²) >= 11 is 0. The highest BCUT2D eigenvalue weighted by Crippen LogP contribution is 2.34. The summed E-state index contributed by atoms with van der Waals surface area (Å²) in [5, 5.41) is 15.1. The largest absolute Gasteiger partial charge is 0.389 e. The van der Waals surface area contributed by atoms with E-state index in [2.05, 4.69) is 28.8 Å². The van der Waals surface area contributed by atoms with Gasteiger partial charge in [-0.1, -0.05) is 31.1 Å². The van der Waals surface area contributed by atoms with Gasteiger partial charge in [-0.25, -0.2) is 4.39 Å². The van der Waals surface area contributed by atoms with Crippen molar-refractivity contribution < 1.29 is 28.2 Å². The van der Waals surface area contributed by atoms with Gasteiger partial charge in [0.1, 0.15) is 11.5 Å². The van der Waals surface area contributed by atoms with Crippen molar-refractivity contribution in [2.45, 2.75) is 45.4 Å². The van der Waals surface area contributed by atoms with E-state index in [1.54, 1.807) is 18.2 Å². The summed E-state index contributed by atoms with van der Waals surface area (Å²) in [5.41, 5.74) is 1.71. The zero-order valence-corrected chi connectivity index (χ0v) is 20.8. The van der Waals surface area contributed by atoms with Crippen LogP contribution in [-0.2, 0) is 20.8 Å². The predicted octanol–water partition coefficient (Wildman–Crippen LogP) is 3.33. The zero-order valence-electron chi connectivity index (χ0n) is 20.8. The molecule has 2 fully saturated rings. The van der Waals surface area contributed by atoms with Gasteiger partial charge in [0, 0.05) is 51.5 Å². The van der Waals surface area contributed by atoms with Gasteiger partial charge in [0.05, 0.1) is 37.6 Å². The molecule has 3 heterocycles. The SMILES string of the molecule is CC(C)COC[C@H](O)CN(Cc1c(-c2ccccc2F)noc1N1CCOCC1)C[C@H]1CCCO1. The fourth-order valence-electron chi connectivity index (χ4n) is 4.62. The number of anilines is 1. The number of ether oxygens (including phenoxy) is 3. The van der Waals surface area contributed by atoms with Crippen molar-refractivity contribution in [2.75, 3.05) is 64.1 Å². The van der Waals surface area contributed by atoms with E-state index in [-0.39, 0.29) is 18.5 Å². The van der Waals surface area contributed by atoms with E-state index in [1.165, 1.54) is 6.07 Å². The first-order chi connectivity index (χ1) is 17.0. The Balaban J connectivity index is 1.59. The number of rotatable bonds is 12. The second-order valence-electron chi connectivity index (χ2n) is 9.81. The molecule has 0 unspecified atom stereocenters. The number of morpholine rings is 1. The number of aromatic nitrogens is 1. The molecule has 1 aromatic carbocycles. The van der Waals surface area contributed by atoms with Crippen LogP contribution >= 0.6 is 0 Å². The van der Waals surface area contributed by atoms with Gasteiger partial charge in [0.15, 0.2) is 0 Å². The van der Waals surface area contributed by atoms with Crippen molar-refractivity contribution in [1.82, 2.24) is 10.1 Å². The standard InChI is InChI=1S/C26H38FN3O5/c1-19(2)17-33-18-20(31)14-29(15-21-6-5-11-34-21)16-23-25(22-7-3-4-8-24(22)27)28-35-26(23)30-9-12-32-13-10-30/h3-4,7-8,19-21,31H,5-6,9-18H2,1-2H3/t20-,21-/m1/s1.